The summed E-state index contributed by atoms with van der Waals surface area (Å²) >= 11 is 5.99. The van der Waals surface area contributed by atoms with Crippen LogP contribution < -0.4 is 4.90 Å². The first-order valence-electron chi connectivity index (χ1n) is 8.77. The highest BCUT2D eigenvalue weighted by Gasteiger charge is 2.71. The molecule has 0 radical (unpaired) electrons. The number of nitrogens with zero attached hydrogens (tertiary/aromatic N) is 1. The SMILES string of the molecule is C=CCC1N(c2ccc(Cl)cc2)C(=O)[C@@H]2C(C(=O)OCC)[C@H]3C=C[C@@]12O3. The first kappa shape index (κ1) is 17.3. The summed E-state index contributed by atoms with van der Waals surface area (Å²) in [6.07, 6.45) is 5.74. The Bertz CT molecular complexity index is 790. The highest BCUT2D eigenvalue weighted by Crippen LogP contribution is 2.56. The number of carbonyl (C=O) groups is 2. The summed E-state index contributed by atoms with van der Waals surface area (Å²) in [6, 6.07) is 6.85. The molecule has 5 nitrogen and oxygen atoms in total. The topological polar surface area (TPSA) is 55.8 Å². The van der Waals surface area contributed by atoms with Crippen molar-refractivity contribution in [2.24, 2.45) is 11.8 Å². The minimum Gasteiger partial charge on any atom is -0.466 e. The van der Waals surface area contributed by atoms with Crippen LogP contribution in [0.2, 0.25) is 5.02 Å². The van der Waals surface area contributed by atoms with E-state index >= 15 is 0 Å². The van der Waals surface area contributed by atoms with E-state index in [-0.39, 0.29) is 24.5 Å². The van der Waals surface area contributed by atoms with Gasteiger partial charge < -0.3 is 14.4 Å². The zero-order chi connectivity index (χ0) is 18.5. The molecule has 0 aromatic heterocycles. The van der Waals surface area contributed by atoms with Crippen LogP contribution in [0.4, 0.5) is 5.69 Å². The molecule has 26 heavy (non-hydrogen) atoms. The Labute approximate surface area is 157 Å². The fourth-order valence-corrected chi connectivity index (χ4v) is 4.64. The lowest BCUT2D eigenvalue weighted by Gasteiger charge is -2.32. The van der Waals surface area contributed by atoms with Crippen LogP contribution in [-0.4, -0.2) is 36.2 Å². The first-order chi connectivity index (χ1) is 12.5. The lowest BCUT2D eigenvalue weighted by atomic mass is 9.74. The normalized spacial score (nSPS) is 34.2. The van der Waals surface area contributed by atoms with Gasteiger partial charge in [-0.15, -0.1) is 6.58 Å². The number of hydrogen-bond donors (Lipinski definition) is 0. The molecule has 0 N–H and O–H groups in total. The molecule has 5 atom stereocenters. The van der Waals surface area contributed by atoms with E-state index in [4.69, 9.17) is 21.1 Å². The number of amides is 1. The smallest absolute Gasteiger partial charge is 0.312 e. The molecule has 3 heterocycles. The molecular formula is C20H20ClNO4. The largest absolute Gasteiger partial charge is 0.466 e. The molecule has 1 spiro atoms. The summed E-state index contributed by atoms with van der Waals surface area (Å²) in [5.41, 5.74) is -0.0920. The van der Waals surface area contributed by atoms with E-state index in [9.17, 15) is 9.59 Å². The number of esters is 1. The highest BCUT2D eigenvalue weighted by atomic mass is 35.5. The van der Waals surface area contributed by atoms with Gasteiger partial charge in [-0.05, 0) is 37.6 Å². The molecular weight excluding hydrogens is 354 g/mol. The minimum atomic E-state index is -0.826. The maximum absolute atomic E-state index is 13.4. The number of halogens is 1. The molecule has 2 bridgehead atoms. The summed E-state index contributed by atoms with van der Waals surface area (Å²) in [4.78, 5) is 27.6. The number of anilines is 1. The lowest BCUT2D eigenvalue weighted by Crippen LogP contribution is -2.45. The molecule has 3 aliphatic rings. The van der Waals surface area contributed by atoms with Crippen LogP contribution in [0.3, 0.4) is 0 Å². The van der Waals surface area contributed by atoms with E-state index in [1.807, 2.05) is 24.3 Å². The quantitative estimate of drug-likeness (QED) is 0.587. The summed E-state index contributed by atoms with van der Waals surface area (Å²) in [5, 5.41) is 0.598. The molecule has 1 aromatic rings. The Hall–Kier alpha value is -2.11. The summed E-state index contributed by atoms with van der Waals surface area (Å²) in [7, 11) is 0. The fourth-order valence-electron chi connectivity index (χ4n) is 4.51. The van der Waals surface area contributed by atoms with E-state index in [0.29, 0.717) is 11.4 Å². The van der Waals surface area contributed by atoms with Crippen LogP contribution in [0, 0.1) is 11.8 Å². The summed E-state index contributed by atoms with van der Waals surface area (Å²) in [5.74, 6) is -1.70. The predicted molar refractivity (Wildman–Crippen MR) is 97.9 cm³/mol. The Morgan fingerprint density at radius 3 is 2.81 bits per heavy atom. The van der Waals surface area contributed by atoms with Crippen LogP contribution in [0.15, 0.2) is 49.1 Å². The van der Waals surface area contributed by atoms with Gasteiger partial charge in [0.25, 0.3) is 0 Å². The van der Waals surface area contributed by atoms with Crippen LogP contribution in [0.1, 0.15) is 13.3 Å². The van der Waals surface area contributed by atoms with E-state index in [2.05, 4.69) is 6.58 Å². The van der Waals surface area contributed by atoms with E-state index in [1.165, 1.54) is 0 Å². The third-order valence-corrected chi connectivity index (χ3v) is 5.73. The number of fused-ring (bicyclic) bond motifs is 1. The van der Waals surface area contributed by atoms with Crippen LogP contribution in [0.5, 0.6) is 0 Å². The second-order valence-corrected chi connectivity index (χ2v) is 7.21. The van der Waals surface area contributed by atoms with Crippen molar-refractivity contribution < 1.29 is 19.1 Å². The van der Waals surface area contributed by atoms with Crippen LogP contribution in [0.25, 0.3) is 0 Å². The molecule has 2 unspecified atom stereocenters. The standard InChI is InChI=1S/C20H20ClNO4/c1-3-5-15-20-11-10-14(26-20)16(19(24)25-4-2)17(20)18(23)22(15)13-8-6-12(21)7-9-13/h3,6-11,14-17H,1,4-5H2,2H3/t14-,15?,16?,17+,20-/m1/s1. The fraction of sp³-hybridized carbons (Fsp3) is 0.400. The molecule has 0 aliphatic carbocycles. The first-order valence-corrected chi connectivity index (χ1v) is 9.14. The number of hydrogen-bond acceptors (Lipinski definition) is 4. The van der Waals surface area contributed by atoms with Gasteiger partial charge in [0.15, 0.2) is 0 Å². The molecule has 2 saturated heterocycles. The number of ether oxygens (including phenoxy) is 2. The van der Waals surface area contributed by atoms with Crippen molar-refractivity contribution in [3.8, 4) is 0 Å². The van der Waals surface area contributed by atoms with Gasteiger partial charge in [0, 0.05) is 10.7 Å². The second-order valence-electron chi connectivity index (χ2n) is 6.78. The maximum atomic E-state index is 13.4. The number of carbonyl (C=O) groups excluding carboxylic acids is 2. The molecule has 3 aliphatic heterocycles. The van der Waals surface area contributed by atoms with Gasteiger partial charge >= 0.3 is 5.97 Å². The molecule has 1 aromatic carbocycles. The van der Waals surface area contributed by atoms with Gasteiger partial charge in [-0.3, -0.25) is 9.59 Å². The monoisotopic (exact) mass is 373 g/mol. The van der Waals surface area contributed by atoms with Gasteiger partial charge in [-0.1, -0.05) is 29.8 Å². The zero-order valence-electron chi connectivity index (χ0n) is 14.4. The van der Waals surface area contributed by atoms with Crippen molar-refractivity contribution in [1.82, 2.24) is 0 Å². The molecule has 0 saturated carbocycles. The van der Waals surface area contributed by atoms with Crippen molar-refractivity contribution in [2.75, 3.05) is 11.5 Å². The van der Waals surface area contributed by atoms with Crippen LogP contribution in [-0.2, 0) is 19.1 Å². The number of benzene rings is 1. The van der Waals surface area contributed by atoms with Gasteiger partial charge in [-0.2, -0.15) is 0 Å². The Kier molecular flexibility index (Phi) is 4.16. The average Bonchev–Trinajstić information content (AvgIpc) is 3.26. The Morgan fingerprint density at radius 2 is 2.15 bits per heavy atom. The van der Waals surface area contributed by atoms with E-state index in [0.717, 1.165) is 5.69 Å². The second kappa shape index (κ2) is 6.25. The predicted octanol–water partition coefficient (Wildman–Crippen LogP) is 3.13. The lowest BCUT2D eigenvalue weighted by molar-refractivity contribution is -0.151. The van der Waals surface area contributed by atoms with Gasteiger partial charge in [0.05, 0.1) is 24.7 Å². The summed E-state index contributed by atoms with van der Waals surface area (Å²) < 4.78 is 11.4. The van der Waals surface area contributed by atoms with Crippen molar-refractivity contribution in [3.63, 3.8) is 0 Å². The molecule has 2 fully saturated rings. The van der Waals surface area contributed by atoms with Gasteiger partial charge in [0.2, 0.25) is 5.91 Å². The zero-order valence-corrected chi connectivity index (χ0v) is 15.2. The van der Waals surface area contributed by atoms with Crippen molar-refractivity contribution in [1.29, 1.82) is 0 Å². The molecule has 1 amide bonds. The van der Waals surface area contributed by atoms with Gasteiger partial charge in [0.1, 0.15) is 11.5 Å². The highest BCUT2D eigenvalue weighted by molar-refractivity contribution is 6.30. The van der Waals surface area contributed by atoms with Crippen molar-refractivity contribution >= 4 is 29.2 Å². The number of rotatable bonds is 5. The van der Waals surface area contributed by atoms with Gasteiger partial charge in [-0.25, -0.2) is 0 Å². The Balaban J connectivity index is 1.78. The average molecular weight is 374 g/mol. The molecule has 136 valence electrons. The molecule has 4 rings (SSSR count). The third kappa shape index (κ3) is 2.27. The van der Waals surface area contributed by atoms with E-state index < -0.39 is 23.5 Å². The molecule has 6 heteroatoms. The van der Waals surface area contributed by atoms with Crippen molar-refractivity contribution in [3.05, 3.63) is 54.1 Å². The maximum Gasteiger partial charge on any atom is 0.312 e. The summed E-state index contributed by atoms with van der Waals surface area (Å²) in [6.45, 7) is 5.87. The van der Waals surface area contributed by atoms with E-state index in [1.54, 1.807) is 30.0 Å². The van der Waals surface area contributed by atoms with Crippen LogP contribution >= 0.6 is 11.6 Å². The van der Waals surface area contributed by atoms with Crippen molar-refractivity contribution in [2.45, 2.75) is 31.1 Å². The third-order valence-electron chi connectivity index (χ3n) is 5.48. The minimum absolute atomic E-state index is 0.121. The Morgan fingerprint density at radius 1 is 1.42 bits per heavy atom.